The largest absolute Gasteiger partial charge is 0.316 e. The van der Waals surface area contributed by atoms with Gasteiger partial charge in [0.1, 0.15) is 5.82 Å². The van der Waals surface area contributed by atoms with Gasteiger partial charge in [0.25, 0.3) is 0 Å². The van der Waals surface area contributed by atoms with Crippen LogP contribution in [0, 0.1) is 5.82 Å². The van der Waals surface area contributed by atoms with Crippen LogP contribution in [-0.2, 0) is 16.6 Å². The fraction of sp³-hybridized carbons (Fsp3) is 0.500. The van der Waals surface area contributed by atoms with E-state index in [2.05, 4.69) is 10.0 Å². The van der Waals surface area contributed by atoms with Gasteiger partial charge in [-0.05, 0) is 44.5 Å². The summed E-state index contributed by atoms with van der Waals surface area (Å²) in [5.74, 6) is -0.726. The van der Waals surface area contributed by atoms with Crippen molar-refractivity contribution in [1.29, 1.82) is 0 Å². The molecule has 0 heterocycles. The molecule has 0 bridgehead atoms. The van der Waals surface area contributed by atoms with Crippen LogP contribution in [0.15, 0.2) is 17.0 Å². The summed E-state index contributed by atoms with van der Waals surface area (Å²) in [4.78, 5) is -0.0900. The van der Waals surface area contributed by atoms with Crippen molar-refractivity contribution in [3.8, 4) is 0 Å². The zero-order valence-electron chi connectivity index (χ0n) is 10.8. The Bertz CT molecular complexity index is 600. The summed E-state index contributed by atoms with van der Waals surface area (Å²) in [7, 11) is -2.03. The minimum absolute atomic E-state index is 0.0501. The molecule has 1 aliphatic rings. The quantitative estimate of drug-likeness (QED) is 0.875. The lowest BCUT2D eigenvalue weighted by molar-refractivity contribution is 0.555. The van der Waals surface area contributed by atoms with Crippen molar-refractivity contribution >= 4 is 21.6 Å². The smallest absolute Gasteiger partial charge is 0.241 e. The van der Waals surface area contributed by atoms with Crippen molar-refractivity contribution in [1.82, 2.24) is 10.0 Å². The summed E-state index contributed by atoms with van der Waals surface area (Å²) in [5, 5.41) is 2.77. The normalized spacial score (nSPS) is 17.5. The molecule has 1 saturated carbocycles. The molecule has 2 rings (SSSR count). The van der Waals surface area contributed by atoms with E-state index in [1.807, 2.05) is 6.92 Å². The molecule has 0 amide bonds. The SMILES string of the molecule is CNCc1cc(S(=O)(=O)NC2(C)CC2)cc(F)c1Cl. The summed E-state index contributed by atoms with van der Waals surface area (Å²) in [6, 6.07) is 2.35. The molecule has 0 unspecified atom stereocenters. The van der Waals surface area contributed by atoms with Gasteiger partial charge in [-0.1, -0.05) is 11.6 Å². The van der Waals surface area contributed by atoms with Gasteiger partial charge in [-0.25, -0.2) is 17.5 Å². The number of hydrogen-bond donors (Lipinski definition) is 2. The van der Waals surface area contributed by atoms with Gasteiger partial charge >= 0.3 is 0 Å². The Labute approximate surface area is 117 Å². The van der Waals surface area contributed by atoms with E-state index in [1.165, 1.54) is 6.07 Å². The van der Waals surface area contributed by atoms with Gasteiger partial charge in [0, 0.05) is 12.1 Å². The molecule has 106 valence electrons. The third-order valence-electron chi connectivity index (χ3n) is 3.14. The second-order valence-electron chi connectivity index (χ2n) is 5.07. The first-order valence-corrected chi connectivity index (χ1v) is 7.80. The van der Waals surface area contributed by atoms with Gasteiger partial charge in [-0.2, -0.15) is 0 Å². The summed E-state index contributed by atoms with van der Waals surface area (Å²) < 4.78 is 40.6. The number of rotatable bonds is 5. The predicted molar refractivity (Wildman–Crippen MR) is 72.1 cm³/mol. The highest BCUT2D eigenvalue weighted by molar-refractivity contribution is 7.89. The van der Waals surface area contributed by atoms with Crippen LogP contribution in [0.25, 0.3) is 0 Å². The Morgan fingerprint density at radius 1 is 1.42 bits per heavy atom. The molecular formula is C12H16ClFN2O2S. The first-order valence-electron chi connectivity index (χ1n) is 5.94. The molecule has 1 fully saturated rings. The third kappa shape index (κ3) is 3.25. The van der Waals surface area contributed by atoms with Gasteiger partial charge in [-0.3, -0.25) is 0 Å². The molecule has 1 aromatic rings. The molecule has 7 heteroatoms. The van der Waals surface area contributed by atoms with Crippen molar-refractivity contribution < 1.29 is 12.8 Å². The van der Waals surface area contributed by atoms with Crippen molar-refractivity contribution in [2.45, 2.75) is 36.7 Å². The van der Waals surface area contributed by atoms with Crippen molar-refractivity contribution in [2.75, 3.05) is 7.05 Å². The minimum atomic E-state index is -3.71. The highest BCUT2D eigenvalue weighted by Crippen LogP contribution is 2.36. The topological polar surface area (TPSA) is 58.2 Å². The van der Waals surface area contributed by atoms with Crippen LogP contribution in [0.2, 0.25) is 5.02 Å². The Kier molecular flexibility index (Phi) is 3.88. The molecule has 4 nitrogen and oxygen atoms in total. The van der Waals surface area contributed by atoms with Crippen LogP contribution in [0.5, 0.6) is 0 Å². The summed E-state index contributed by atoms with van der Waals surface area (Å²) >= 11 is 5.81. The molecule has 1 aliphatic carbocycles. The van der Waals surface area contributed by atoms with Crippen LogP contribution >= 0.6 is 11.6 Å². The molecule has 0 spiro atoms. The van der Waals surface area contributed by atoms with Gasteiger partial charge in [0.15, 0.2) is 0 Å². The van der Waals surface area contributed by atoms with E-state index < -0.39 is 21.4 Å². The monoisotopic (exact) mass is 306 g/mol. The zero-order valence-corrected chi connectivity index (χ0v) is 12.3. The van der Waals surface area contributed by atoms with Crippen molar-refractivity contribution in [3.05, 3.63) is 28.5 Å². The summed E-state index contributed by atoms with van der Waals surface area (Å²) in [5.41, 5.74) is 0.0310. The fourth-order valence-electron chi connectivity index (χ4n) is 1.77. The van der Waals surface area contributed by atoms with Crippen molar-refractivity contribution in [3.63, 3.8) is 0 Å². The number of halogens is 2. The lowest BCUT2D eigenvalue weighted by atomic mass is 10.2. The average molecular weight is 307 g/mol. The molecule has 0 aromatic heterocycles. The Morgan fingerprint density at radius 2 is 2.05 bits per heavy atom. The van der Waals surface area contributed by atoms with E-state index in [0.29, 0.717) is 12.1 Å². The van der Waals surface area contributed by atoms with E-state index in [4.69, 9.17) is 11.6 Å². The molecule has 0 saturated heterocycles. The molecule has 0 radical (unpaired) electrons. The minimum Gasteiger partial charge on any atom is -0.316 e. The number of hydrogen-bond acceptors (Lipinski definition) is 3. The van der Waals surface area contributed by atoms with Gasteiger partial charge < -0.3 is 5.32 Å². The van der Waals surface area contributed by atoms with E-state index in [0.717, 1.165) is 18.9 Å². The summed E-state index contributed by atoms with van der Waals surface area (Å²) in [6.45, 7) is 2.13. The second kappa shape index (κ2) is 5.01. The van der Waals surface area contributed by atoms with Gasteiger partial charge in [0.05, 0.1) is 9.92 Å². The number of sulfonamides is 1. The van der Waals surface area contributed by atoms with Gasteiger partial charge in [0.2, 0.25) is 10.0 Å². The molecule has 0 aliphatic heterocycles. The van der Waals surface area contributed by atoms with Crippen LogP contribution in [0.4, 0.5) is 4.39 Å². The number of benzene rings is 1. The lowest BCUT2D eigenvalue weighted by Crippen LogP contribution is -2.34. The number of nitrogens with one attached hydrogen (secondary N) is 2. The van der Waals surface area contributed by atoms with Gasteiger partial charge in [-0.15, -0.1) is 0 Å². The maximum atomic E-state index is 13.7. The second-order valence-corrected chi connectivity index (χ2v) is 7.14. The molecule has 2 N–H and O–H groups in total. The van der Waals surface area contributed by atoms with Crippen LogP contribution in [-0.4, -0.2) is 21.0 Å². The fourth-order valence-corrected chi connectivity index (χ4v) is 3.47. The predicted octanol–water partition coefficient (Wildman–Crippen LogP) is 2.03. The first kappa shape index (κ1) is 14.7. The Hall–Kier alpha value is -0.690. The van der Waals surface area contributed by atoms with Crippen LogP contribution in [0.1, 0.15) is 25.3 Å². The van der Waals surface area contributed by atoms with E-state index in [9.17, 15) is 12.8 Å². The van der Waals surface area contributed by atoms with Crippen LogP contribution < -0.4 is 10.0 Å². The molecular weight excluding hydrogens is 291 g/mol. The Balaban J connectivity index is 2.39. The molecule has 1 aromatic carbocycles. The zero-order chi connectivity index (χ0) is 14.3. The molecule has 0 atom stereocenters. The Morgan fingerprint density at radius 3 is 2.58 bits per heavy atom. The van der Waals surface area contributed by atoms with E-state index in [1.54, 1.807) is 7.05 Å². The maximum absolute atomic E-state index is 13.7. The first-order chi connectivity index (χ1) is 8.77. The maximum Gasteiger partial charge on any atom is 0.241 e. The lowest BCUT2D eigenvalue weighted by Gasteiger charge is -2.14. The third-order valence-corrected chi connectivity index (χ3v) is 5.18. The van der Waals surface area contributed by atoms with E-state index >= 15 is 0 Å². The highest BCUT2D eigenvalue weighted by Gasteiger charge is 2.41. The average Bonchev–Trinajstić information content (AvgIpc) is 3.01. The summed E-state index contributed by atoms with van der Waals surface area (Å²) in [6.07, 6.45) is 1.59. The standard InChI is InChI=1S/C12H16ClFN2O2S/c1-12(3-4-12)16-19(17,18)9-5-8(7-15-2)11(13)10(14)6-9/h5-6,15-16H,3-4,7H2,1-2H3. The van der Waals surface area contributed by atoms with E-state index in [-0.39, 0.29) is 9.92 Å². The molecule has 19 heavy (non-hydrogen) atoms. The van der Waals surface area contributed by atoms with Crippen molar-refractivity contribution in [2.24, 2.45) is 0 Å². The van der Waals surface area contributed by atoms with Crippen LogP contribution in [0.3, 0.4) is 0 Å². The highest BCUT2D eigenvalue weighted by atomic mass is 35.5.